The number of thiophene rings is 1. The molecule has 0 spiro atoms. The van der Waals surface area contributed by atoms with Gasteiger partial charge in [0, 0.05) is 47.4 Å². The maximum atomic E-state index is 5.23. The molecule has 4 heteroatoms. The van der Waals surface area contributed by atoms with Gasteiger partial charge in [-0.05, 0) is 66.0 Å². The molecule has 0 aliphatic rings. The number of imidazole rings is 1. The van der Waals surface area contributed by atoms with E-state index in [1.165, 1.54) is 63.7 Å². The highest BCUT2D eigenvalue weighted by atomic mass is 32.1. The van der Waals surface area contributed by atoms with Gasteiger partial charge in [-0.25, -0.2) is 4.98 Å². The number of fused-ring (bicyclic) bond motifs is 14. The smallest absolute Gasteiger partial charge is 0.146 e. The lowest BCUT2D eigenvalue weighted by Crippen LogP contribution is -1.95. The summed E-state index contributed by atoms with van der Waals surface area (Å²) in [5.74, 6) is 0. The molecule has 0 aliphatic heterocycles. The quantitative estimate of drug-likeness (QED) is 0.190. The summed E-state index contributed by atoms with van der Waals surface area (Å²) >= 11 is 1.87. The van der Waals surface area contributed by atoms with Crippen LogP contribution in [0.25, 0.3) is 86.0 Å². The monoisotopic (exact) mass is 539 g/mol. The Bertz CT molecular complexity index is 2690. The molecule has 41 heavy (non-hydrogen) atoms. The summed E-state index contributed by atoms with van der Waals surface area (Å²) in [7, 11) is 0. The Kier molecular flexibility index (Phi) is 4.07. The van der Waals surface area contributed by atoms with Crippen LogP contribution in [0.3, 0.4) is 0 Å². The van der Waals surface area contributed by atoms with Gasteiger partial charge in [0.2, 0.25) is 0 Å². The molecular formula is C37H21N3S. The van der Waals surface area contributed by atoms with Gasteiger partial charge in [0.05, 0.1) is 27.6 Å². The molecule has 0 aliphatic carbocycles. The lowest BCUT2D eigenvalue weighted by Gasteiger charge is -2.12. The van der Waals surface area contributed by atoms with Gasteiger partial charge >= 0.3 is 0 Å². The van der Waals surface area contributed by atoms with Gasteiger partial charge in [-0.1, -0.05) is 66.7 Å². The number of pyridine rings is 1. The van der Waals surface area contributed by atoms with Gasteiger partial charge in [0.1, 0.15) is 5.65 Å². The van der Waals surface area contributed by atoms with Crippen LogP contribution in [0.1, 0.15) is 0 Å². The van der Waals surface area contributed by atoms with E-state index in [1.807, 2.05) is 11.3 Å². The van der Waals surface area contributed by atoms with Gasteiger partial charge in [0.25, 0.3) is 0 Å². The number of nitrogens with zero attached hydrogens (tertiary/aromatic N) is 3. The van der Waals surface area contributed by atoms with Crippen molar-refractivity contribution in [2.24, 2.45) is 0 Å². The fourth-order valence-corrected chi connectivity index (χ4v) is 8.02. The van der Waals surface area contributed by atoms with Crippen molar-refractivity contribution in [1.82, 2.24) is 14.0 Å². The largest absolute Gasteiger partial charge is 0.309 e. The summed E-state index contributed by atoms with van der Waals surface area (Å²) < 4.78 is 7.40. The van der Waals surface area contributed by atoms with Crippen molar-refractivity contribution in [1.29, 1.82) is 0 Å². The Balaban J connectivity index is 1.49. The van der Waals surface area contributed by atoms with Crippen molar-refractivity contribution in [3.8, 4) is 5.69 Å². The third-order valence-corrected chi connectivity index (χ3v) is 9.79. The van der Waals surface area contributed by atoms with Crippen LogP contribution in [-0.4, -0.2) is 14.0 Å². The highest BCUT2D eigenvalue weighted by molar-refractivity contribution is 7.25. The van der Waals surface area contributed by atoms with Crippen LogP contribution in [-0.2, 0) is 0 Å². The molecular weight excluding hydrogens is 518 g/mol. The highest BCUT2D eigenvalue weighted by Crippen LogP contribution is 2.42. The van der Waals surface area contributed by atoms with Gasteiger partial charge < -0.3 is 4.57 Å². The van der Waals surface area contributed by atoms with E-state index in [1.54, 1.807) is 0 Å². The van der Waals surface area contributed by atoms with Crippen LogP contribution in [0.2, 0.25) is 0 Å². The maximum absolute atomic E-state index is 5.23. The number of para-hydroxylation sites is 4. The normalized spacial score (nSPS) is 12.4. The molecule has 0 bridgehead atoms. The minimum atomic E-state index is 1.01. The number of aromatic nitrogens is 3. The molecule has 0 atom stereocenters. The molecule has 0 amide bonds. The fourth-order valence-electron chi connectivity index (χ4n) is 6.89. The molecule has 4 heterocycles. The van der Waals surface area contributed by atoms with Crippen molar-refractivity contribution in [3.05, 3.63) is 127 Å². The summed E-state index contributed by atoms with van der Waals surface area (Å²) in [5.41, 5.74) is 7.91. The molecule has 4 aromatic heterocycles. The fraction of sp³-hybridized carbons (Fsp3) is 0. The van der Waals surface area contributed by atoms with E-state index in [0.717, 1.165) is 22.4 Å². The van der Waals surface area contributed by atoms with Crippen molar-refractivity contribution in [3.63, 3.8) is 0 Å². The molecule has 0 saturated heterocycles. The zero-order chi connectivity index (χ0) is 26.7. The average Bonchev–Trinajstić information content (AvgIpc) is 3.69. The molecule has 0 N–H and O–H groups in total. The van der Waals surface area contributed by atoms with E-state index in [2.05, 4.69) is 136 Å². The first-order chi connectivity index (χ1) is 20.3. The standard InChI is InChI=1S/C37H21N3S/c1-2-10-22(11-3-1)39-31-15-7-4-12-23(31)26-18-27-25-20-36-28(24-13-5-9-17-35(24)41-36)19-29(25)37-38-30-14-6-8-16-32(30)40(37)34(27)21-33(26)39/h1-21H. The lowest BCUT2D eigenvalue weighted by molar-refractivity contribution is 1.18. The maximum Gasteiger partial charge on any atom is 0.146 e. The molecule has 0 fully saturated rings. The highest BCUT2D eigenvalue weighted by Gasteiger charge is 2.19. The number of rotatable bonds is 1. The Hall–Kier alpha value is -5.19. The predicted molar refractivity (Wildman–Crippen MR) is 175 cm³/mol. The molecule has 3 nitrogen and oxygen atoms in total. The van der Waals surface area contributed by atoms with Crippen molar-refractivity contribution < 1.29 is 0 Å². The van der Waals surface area contributed by atoms with Crippen LogP contribution in [0.15, 0.2) is 127 Å². The predicted octanol–water partition coefficient (Wildman–Crippen LogP) is 10.3. The van der Waals surface area contributed by atoms with Gasteiger partial charge in [-0.2, -0.15) is 0 Å². The second-order valence-electron chi connectivity index (χ2n) is 10.8. The van der Waals surface area contributed by atoms with Gasteiger partial charge in [-0.3, -0.25) is 4.40 Å². The summed E-state index contributed by atoms with van der Waals surface area (Å²) in [5, 5.41) is 8.83. The van der Waals surface area contributed by atoms with Crippen LogP contribution < -0.4 is 0 Å². The summed E-state index contributed by atoms with van der Waals surface area (Å²) in [4.78, 5) is 5.23. The molecule has 0 saturated carbocycles. The molecule has 10 aromatic rings. The minimum Gasteiger partial charge on any atom is -0.309 e. The molecule has 6 aromatic carbocycles. The van der Waals surface area contributed by atoms with Crippen molar-refractivity contribution >= 4 is 91.7 Å². The second-order valence-corrected chi connectivity index (χ2v) is 11.9. The van der Waals surface area contributed by atoms with E-state index in [0.29, 0.717) is 0 Å². The van der Waals surface area contributed by atoms with E-state index in [9.17, 15) is 0 Å². The summed E-state index contributed by atoms with van der Waals surface area (Å²) in [6.45, 7) is 0. The number of benzene rings is 6. The van der Waals surface area contributed by atoms with E-state index in [4.69, 9.17) is 4.98 Å². The average molecular weight is 540 g/mol. The van der Waals surface area contributed by atoms with E-state index < -0.39 is 0 Å². The van der Waals surface area contributed by atoms with Crippen molar-refractivity contribution in [2.75, 3.05) is 0 Å². The molecule has 0 unspecified atom stereocenters. The number of hydrogen-bond donors (Lipinski definition) is 0. The van der Waals surface area contributed by atoms with Crippen LogP contribution >= 0.6 is 11.3 Å². The van der Waals surface area contributed by atoms with Crippen LogP contribution in [0, 0.1) is 0 Å². The molecule has 0 radical (unpaired) electrons. The molecule has 10 rings (SSSR count). The van der Waals surface area contributed by atoms with Gasteiger partial charge in [0.15, 0.2) is 0 Å². The Labute approximate surface area is 238 Å². The van der Waals surface area contributed by atoms with E-state index >= 15 is 0 Å². The van der Waals surface area contributed by atoms with Crippen molar-refractivity contribution in [2.45, 2.75) is 0 Å². The Morgan fingerprint density at radius 1 is 0.439 bits per heavy atom. The first-order valence-electron chi connectivity index (χ1n) is 13.9. The number of hydrogen-bond acceptors (Lipinski definition) is 2. The lowest BCUT2D eigenvalue weighted by atomic mass is 10.0. The Morgan fingerprint density at radius 2 is 1.15 bits per heavy atom. The zero-order valence-corrected chi connectivity index (χ0v) is 22.7. The minimum absolute atomic E-state index is 1.01. The SMILES string of the molecule is c1ccc(-n2c3ccccc3c3cc4c5cc6sc7ccccc7c6cc5c5nc6ccccc6n5c4cc32)cc1. The summed E-state index contributed by atoms with van der Waals surface area (Å²) in [6.07, 6.45) is 0. The van der Waals surface area contributed by atoms with Gasteiger partial charge in [-0.15, -0.1) is 11.3 Å². The first-order valence-corrected chi connectivity index (χ1v) is 14.7. The second kappa shape index (κ2) is 7.72. The third-order valence-electron chi connectivity index (χ3n) is 8.65. The third kappa shape index (κ3) is 2.79. The van der Waals surface area contributed by atoms with E-state index in [-0.39, 0.29) is 0 Å². The molecule has 190 valence electrons. The summed E-state index contributed by atoms with van der Waals surface area (Å²) in [6, 6.07) is 46.3. The Morgan fingerprint density at radius 3 is 2.05 bits per heavy atom. The first kappa shape index (κ1) is 21.6. The zero-order valence-electron chi connectivity index (χ0n) is 21.9. The van der Waals surface area contributed by atoms with Crippen LogP contribution in [0.5, 0.6) is 0 Å². The van der Waals surface area contributed by atoms with Crippen LogP contribution in [0.4, 0.5) is 0 Å². The topological polar surface area (TPSA) is 22.2 Å².